The highest BCUT2D eigenvalue weighted by Gasteiger charge is 2.22. The van der Waals surface area contributed by atoms with E-state index in [1.54, 1.807) is 10.9 Å². The summed E-state index contributed by atoms with van der Waals surface area (Å²) in [6.07, 6.45) is 6.23. The van der Waals surface area contributed by atoms with E-state index in [0.717, 1.165) is 18.5 Å². The van der Waals surface area contributed by atoms with Gasteiger partial charge in [0, 0.05) is 6.04 Å². The fourth-order valence-electron chi connectivity index (χ4n) is 2.90. The summed E-state index contributed by atoms with van der Waals surface area (Å²) in [5.41, 5.74) is 1.27. The van der Waals surface area contributed by atoms with Gasteiger partial charge in [-0.2, -0.15) is 0 Å². The molecule has 2 unspecified atom stereocenters. The summed E-state index contributed by atoms with van der Waals surface area (Å²) in [5.74, 6) is 0.556. The number of para-hydroxylation sites is 1. The van der Waals surface area contributed by atoms with Crippen LogP contribution in [0.2, 0.25) is 0 Å². The Balaban J connectivity index is 1.67. The molecule has 0 spiro atoms. The van der Waals surface area contributed by atoms with Gasteiger partial charge in [0.1, 0.15) is 0 Å². The molecule has 2 atom stereocenters. The minimum absolute atomic E-state index is 0.128. The molecular weight excluding hydrogens is 264 g/mol. The number of carbonyl (C=O) groups is 1. The van der Waals surface area contributed by atoms with Gasteiger partial charge in [0.05, 0.1) is 11.9 Å². The average Bonchev–Trinajstić information content (AvgIpc) is 2.98. The van der Waals surface area contributed by atoms with Gasteiger partial charge in [-0.25, -0.2) is 4.68 Å². The number of aromatic nitrogens is 3. The van der Waals surface area contributed by atoms with Crippen molar-refractivity contribution in [2.75, 3.05) is 0 Å². The van der Waals surface area contributed by atoms with E-state index >= 15 is 0 Å². The lowest BCUT2D eigenvalue weighted by atomic mass is 9.87. The van der Waals surface area contributed by atoms with E-state index in [0.29, 0.717) is 11.6 Å². The van der Waals surface area contributed by atoms with Crippen LogP contribution in [0.1, 0.15) is 43.1 Å². The van der Waals surface area contributed by atoms with Crippen molar-refractivity contribution in [1.29, 1.82) is 0 Å². The van der Waals surface area contributed by atoms with Gasteiger partial charge in [-0.15, -0.1) is 5.10 Å². The van der Waals surface area contributed by atoms with Crippen LogP contribution in [-0.2, 0) is 0 Å². The third-order valence-corrected chi connectivity index (χ3v) is 4.02. The largest absolute Gasteiger partial charge is 0.348 e. The standard InChI is InChI=1S/C16H20N4O/c1-12-6-5-7-13(10-12)17-16(21)15-11-20(19-18-15)14-8-3-2-4-9-14/h2-4,8-9,11-13H,5-7,10H2,1H3,(H,17,21). The molecule has 0 bridgehead atoms. The van der Waals surface area contributed by atoms with Gasteiger partial charge in [-0.1, -0.05) is 43.2 Å². The fourth-order valence-corrected chi connectivity index (χ4v) is 2.90. The highest BCUT2D eigenvalue weighted by atomic mass is 16.2. The molecule has 1 N–H and O–H groups in total. The van der Waals surface area contributed by atoms with Crippen molar-refractivity contribution in [3.8, 4) is 5.69 Å². The minimum atomic E-state index is -0.128. The Labute approximate surface area is 124 Å². The van der Waals surface area contributed by atoms with Crippen molar-refractivity contribution in [2.24, 2.45) is 5.92 Å². The number of hydrogen-bond donors (Lipinski definition) is 1. The second kappa shape index (κ2) is 6.08. The van der Waals surface area contributed by atoms with Crippen LogP contribution in [0.5, 0.6) is 0 Å². The molecule has 1 amide bonds. The zero-order valence-corrected chi connectivity index (χ0v) is 12.2. The van der Waals surface area contributed by atoms with Crippen LogP contribution in [0.3, 0.4) is 0 Å². The molecule has 2 aromatic rings. The highest BCUT2D eigenvalue weighted by molar-refractivity contribution is 5.92. The third kappa shape index (κ3) is 3.29. The lowest BCUT2D eigenvalue weighted by Crippen LogP contribution is -2.38. The van der Waals surface area contributed by atoms with E-state index < -0.39 is 0 Å². The van der Waals surface area contributed by atoms with E-state index in [-0.39, 0.29) is 11.9 Å². The lowest BCUT2D eigenvalue weighted by Gasteiger charge is -2.27. The molecule has 21 heavy (non-hydrogen) atoms. The Bertz CT molecular complexity index is 608. The average molecular weight is 284 g/mol. The molecule has 5 nitrogen and oxygen atoms in total. The minimum Gasteiger partial charge on any atom is -0.348 e. The Kier molecular flexibility index (Phi) is 3.99. The summed E-state index contributed by atoms with van der Waals surface area (Å²) in [6.45, 7) is 2.24. The van der Waals surface area contributed by atoms with Gasteiger partial charge in [-0.3, -0.25) is 4.79 Å². The molecule has 1 saturated carbocycles. The van der Waals surface area contributed by atoms with E-state index in [2.05, 4.69) is 22.6 Å². The van der Waals surface area contributed by atoms with E-state index in [4.69, 9.17) is 0 Å². The second-order valence-electron chi connectivity index (χ2n) is 5.83. The van der Waals surface area contributed by atoms with Crippen molar-refractivity contribution < 1.29 is 4.79 Å². The maximum Gasteiger partial charge on any atom is 0.273 e. The summed E-state index contributed by atoms with van der Waals surface area (Å²) in [6, 6.07) is 9.93. The molecule has 110 valence electrons. The Morgan fingerprint density at radius 1 is 1.29 bits per heavy atom. The molecular formula is C16H20N4O. The van der Waals surface area contributed by atoms with Crippen LogP contribution in [0.25, 0.3) is 5.69 Å². The number of rotatable bonds is 3. The van der Waals surface area contributed by atoms with Gasteiger partial charge < -0.3 is 5.32 Å². The van der Waals surface area contributed by atoms with Crippen molar-refractivity contribution in [3.63, 3.8) is 0 Å². The van der Waals surface area contributed by atoms with Gasteiger partial charge in [0.2, 0.25) is 0 Å². The molecule has 0 saturated heterocycles. The first-order chi connectivity index (χ1) is 10.2. The predicted molar refractivity (Wildman–Crippen MR) is 80.2 cm³/mol. The van der Waals surface area contributed by atoms with Crippen LogP contribution in [-0.4, -0.2) is 26.9 Å². The number of nitrogens with zero attached hydrogens (tertiary/aromatic N) is 3. The van der Waals surface area contributed by atoms with Crippen molar-refractivity contribution >= 4 is 5.91 Å². The predicted octanol–water partition coefficient (Wildman–Crippen LogP) is 2.58. The fraction of sp³-hybridized carbons (Fsp3) is 0.438. The molecule has 5 heteroatoms. The normalized spacial score (nSPS) is 22.0. The van der Waals surface area contributed by atoms with Crippen LogP contribution < -0.4 is 5.32 Å². The third-order valence-electron chi connectivity index (χ3n) is 4.02. The van der Waals surface area contributed by atoms with E-state index in [1.165, 1.54) is 12.8 Å². The molecule has 1 aromatic carbocycles. The second-order valence-corrected chi connectivity index (χ2v) is 5.83. The van der Waals surface area contributed by atoms with Crippen LogP contribution in [0, 0.1) is 5.92 Å². The molecule has 1 aromatic heterocycles. The quantitative estimate of drug-likeness (QED) is 0.942. The summed E-state index contributed by atoms with van der Waals surface area (Å²) in [7, 11) is 0. The zero-order valence-electron chi connectivity index (χ0n) is 12.2. The number of hydrogen-bond acceptors (Lipinski definition) is 3. The summed E-state index contributed by atoms with van der Waals surface area (Å²) in [4.78, 5) is 12.2. The topological polar surface area (TPSA) is 59.8 Å². The van der Waals surface area contributed by atoms with Crippen molar-refractivity contribution in [2.45, 2.75) is 38.6 Å². The summed E-state index contributed by atoms with van der Waals surface area (Å²) >= 11 is 0. The highest BCUT2D eigenvalue weighted by Crippen LogP contribution is 2.23. The smallest absolute Gasteiger partial charge is 0.273 e. The number of benzene rings is 1. The first kappa shape index (κ1) is 13.8. The van der Waals surface area contributed by atoms with Crippen LogP contribution in [0.15, 0.2) is 36.5 Å². The Morgan fingerprint density at radius 2 is 2.10 bits per heavy atom. The molecule has 1 aliphatic carbocycles. The maximum atomic E-state index is 12.2. The number of nitrogens with one attached hydrogen (secondary N) is 1. The number of carbonyl (C=O) groups excluding carboxylic acids is 1. The van der Waals surface area contributed by atoms with E-state index in [9.17, 15) is 4.79 Å². The van der Waals surface area contributed by atoms with Crippen molar-refractivity contribution in [3.05, 3.63) is 42.2 Å². The first-order valence-corrected chi connectivity index (χ1v) is 7.51. The molecule has 1 fully saturated rings. The SMILES string of the molecule is CC1CCCC(NC(=O)c2cn(-c3ccccc3)nn2)C1. The van der Waals surface area contributed by atoms with Crippen LogP contribution in [0.4, 0.5) is 0 Å². The Hall–Kier alpha value is -2.17. The summed E-state index contributed by atoms with van der Waals surface area (Å²) < 4.78 is 1.62. The molecule has 1 aliphatic rings. The number of amides is 1. The van der Waals surface area contributed by atoms with Crippen molar-refractivity contribution in [1.82, 2.24) is 20.3 Å². The molecule has 3 rings (SSSR count). The van der Waals surface area contributed by atoms with Gasteiger partial charge in [0.15, 0.2) is 5.69 Å². The lowest BCUT2D eigenvalue weighted by molar-refractivity contribution is 0.0916. The maximum absolute atomic E-state index is 12.2. The zero-order chi connectivity index (χ0) is 14.7. The molecule has 0 aliphatic heterocycles. The summed E-state index contributed by atoms with van der Waals surface area (Å²) in [5, 5.41) is 11.1. The first-order valence-electron chi connectivity index (χ1n) is 7.51. The van der Waals surface area contributed by atoms with E-state index in [1.807, 2.05) is 30.3 Å². The monoisotopic (exact) mass is 284 g/mol. The van der Waals surface area contributed by atoms with Crippen LogP contribution >= 0.6 is 0 Å². The van der Waals surface area contributed by atoms with Gasteiger partial charge in [-0.05, 0) is 30.9 Å². The Morgan fingerprint density at radius 3 is 2.86 bits per heavy atom. The van der Waals surface area contributed by atoms with Gasteiger partial charge in [0.25, 0.3) is 5.91 Å². The molecule has 0 radical (unpaired) electrons. The van der Waals surface area contributed by atoms with Gasteiger partial charge >= 0.3 is 0 Å². The molecule has 1 heterocycles.